The summed E-state index contributed by atoms with van der Waals surface area (Å²) in [5, 5.41) is 3.28. The molecule has 186 valence electrons. The highest BCUT2D eigenvalue weighted by atomic mass is 19.4. The van der Waals surface area contributed by atoms with Crippen LogP contribution in [-0.2, 0) is 12.8 Å². The Kier molecular flexibility index (Phi) is 8.24. The second-order valence-corrected chi connectivity index (χ2v) is 8.25. The number of nitrogens with two attached hydrogens (primary N) is 1. The van der Waals surface area contributed by atoms with Gasteiger partial charge in [-0.1, -0.05) is 6.07 Å². The summed E-state index contributed by atoms with van der Waals surface area (Å²) in [6, 6.07) is 7.16. The van der Waals surface area contributed by atoms with Gasteiger partial charge in [-0.05, 0) is 56.0 Å². The number of benzene rings is 2. The number of halogens is 4. The highest BCUT2D eigenvalue weighted by Crippen LogP contribution is 2.33. The normalized spacial score (nSPS) is 14.1. The molecule has 0 aromatic heterocycles. The molecule has 2 aromatic carbocycles. The van der Waals surface area contributed by atoms with E-state index in [2.05, 4.69) is 21.0 Å². The lowest BCUT2D eigenvalue weighted by Crippen LogP contribution is -2.32. The molecular formula is C24H29F4N3O3. The zero-order valence-electron chi connectivity index (χ0n) is 19.2. The molecule has 0 radical (unpaired) electrons. The first-order valence-corrected chi connectivity index (χ1v) is 11.1. The molecule has 3 N–H and O–H groups in total. The molecule has 2 aromatic rings. The highest BCUT2D eigenvalue weighted by Gasteiger charge is 2.29. The Bertz CT molecular complexity index is 1010. The van der Waals surface area contributed by atoms with Crippen molar-refractivity contribution in [2.75, 3.05) is 37.7 Å². The van der Waals surface area contributed by atoms with Crippen molar-refractivity contribution in [1.29, 1.82) is 0 Å². The molecule has 0 aliphatic carbocycles. The lowest BCUT2D eigenvalue weighted by atomic mass is 9.98. The Morgan fingerprint density at radius 1 is 1.21 bits per heavy atom. The summed E-state index contributed by atoms with van der Waals surface area (Å²) in [6.07, 6.45) is -3.03. The number of alkyl halides is 3. The third-order valence-electron chi connectivity index (χ3n) is 5.55. The molecule has 6 nitrogen and oxygen atoms in total. The molecule has 0 unspecified atom stereocenters. The summed E-state index contributed by atoms with van der Waals surface area (Å²) in [7, 11) is 0. The average Bonchev–Trinajstić information content (AvgIpc) is 3.18. The lowest BCUT2D eigenvalue weighted by Gasteiger charge is -2.21. The van der Waals surface area contributed by atoms with E-state index in [1.807, 2.05) is 19.9 Å². The van der Waals surface area contributed by atoms with Gasteiger partial charge in [0.25, 0.3) is 5.91 Å². The van der Waals surface area contributed by atoms with Gasteiger partial charge in [0.2, 0.25) is 0 Å². The number of carbonyl (C=O) groups excluding carboxylic acids is 1. The number of hydrogen-bond acceptors (Lipinski definition) is 5. The first-order chi connectivity index (χ1) is 16.1. The van der Waals surface area contributed by atoms with Crippen LogP contribution in [0.25, 0.3) is 0 Å². The predicted octanol–water partition coefficient (Wildman–Crippen LogP) is 3.85. The molecule has 0 bridgehead atoms. The van der Waals surface area contributed by atoms with Crippen molar-refractivity contribution in [1.82, 2.24) is 5.32 Å². The topological polar surface area (TPSA) is 76.8 Å². The van der Waals surface area contributed by atoms with Crippen molar-refractivity contribution in [3.05, 3.63) is 52.8 Å². The van der Waals surface area contributed by atoms with E-state index in [-0.39, 0.29) is 24.1 Å². The standard InChI is InChI=1S/C24H29F4N3O3/c1-3-31-8-6-17-11-16(12-19(22(17)31)23(29)32)10-15(2)30-7-9-33-20-5-4-18(25)13-21(20)34-14-24(26,27)28/h4-5,11-13,15,30H,3,6-10,14H2,1-2H3,(H2,29,32)/t15-/m1/s1. The summed E-state index contributed by atoms with van der Waals surface area (Å²) in [4.78, 5) is 14.2. The van der Waals surface area contributed by atoms with Gasteiger partial charge in [-0.3, -0.25) is 4.79 Å². The highest BCUT2D eigenvalue weighted by molar-refractivity contribution is 6.00. The zero-order chi connectivity index (χ0) is 24.9. The lowest BCUT2D eigenvalue weighted by molar-refractivity contribution is -0.153. The Labute approximate surface area is 196 Å². The number of primary amides is 1. The molecule has 0 spiro atoms. The molecule has 3 rings (SSSR count). The number of likely N-dealkylation sites (N-methyl/N-ethyl adjacent to an activating group) is 1. The maximum absolute atomic E-state index is 13.4. The second kappa shape index (κ2) is 10.9. The van der Waals surface area contributed by atoms with E-state index in [0.717, 1.165) is 48.5 Å². The number of anilines is 1. The SMILES string of the molecule is CCN1CCc2cc(C[C@@H](C)NCCOc3ccc(F)cc3OCC(F)(F)F)cc(C(N)=O)c21. The first kappa shape index (κ1) is 25.6. The quantitative estimate of drug-likeness (QED) is 0.375. The van der Waals surface area contributed by atoms with Gasteiger partial charge in [-0.25, -0.2) is 4.39 Å². The van der Waals surface area contributed by atoms with Gasteiger partial charge in [-0.2, -0.15) is 13.2 Å². The van der Waals surface area contributed by atoms with Crippen LogP contribution >= 0.6 is 0 Å². The second-order valence-electron chi connectivity index (χ2n) is 8.25. The summed E-state index contributed by atoms with van der Waals surface area (Å²) in [5.74, 6) is -1.44. The molecule has 1 heterocycles. The van der Waals surface area contributed by atoms with Gasteiger partial charge in [-0.15, -0.1) is 0 Å². The maximum Gasteiger partial charge on any atom is 0.422 e. The summed E-state index contributed by atoms with van der Waals surface area (Å²) >= 11 is 0. The van der Waals surface area contributed by atoms with Gasteiger partial charge < -0.3 is 25.4 Å². The van der Waals surface area contributed by atoms with Gasteiger partial charge in [0, 0.05) is 31.7 Å². The summed E-state index contributed by atoms with van der Waals surface area (Å²) < 4.78 is 60.9. The average molecular weight is 484 g/mol. The Balaban J connectivity index is 1.55. The van der Waals surface area contributed by atoms with Crippen LogP contribution in [0.1, 0.15) is 35.3 Å². The molecule has 1 amide bonds. The molecule has 0 saturated carbocycles. The van der Waals surface area contributed by atoms with Crippen LogP contribution < -0.4 is 25.4 Å². The van der Waals surface area contributed by atoms with Crippen LogP contribution in [0.4, 0.5) is 23.2 Å². The van der Waals surface area contributed by atoms with E-state index in [0.29, 0.717) is 18.5 Å². The van der Waals surface area contributed by atoms with Gasteiger partial charge in [0.05, 0.1) is 11.3 Å². The largest absolute Gasteiger partial charge is 0.488 e. The number of nitrogens with one attached hydrogen (secondary N) is 1. The Morgan fingerprint density at radius 2 is 1.97 bits per heavy atom. The molecule has 34 heavy (non-hydrogen) atoms. The van der Waals surface area contributed by atoms with Gasteiger partial charge in [0.1, 0.15) is 12.4 Å². The fraction of sp³-hybridized carbons (Fsp3) is 0.458. The van der Waals surface area contributed by atoms with E-state index in [1.165, 1.54) is 6.07 Å². The number of hydrogen-bond donors (Lipinski definition) is 2. The third kappa shape index (κ3) is 6.75. The molecule has 1 atom stereocenters. The van der Waals surface area contributed by atoms with E-state index >= 15 is 0 Å². The first-order valence-electron chi connectivity index (χ1n) is 11.1. The van der Waals surface area contributed by atoms with Gasteiger partial charge in [0.15, 0.2) is 18.1 Å². The molecule has 1 aliphatic heterocycles. The van der Waals surface area contributed by atoms with Crippen molar-refractivity contribution in [3.63, 3.8) is 0 Å². The van der Waals surface area contributed by atoms with Crippen molar-refractivity contribution in [2.45, 2.75) is 38.9 Å². The minimum atomic E-state index is -4.54. The molecule has 10 heteroatoms. The fourth-order valence-electron chi connectivity index (χ4n) is 4.08. The summed E-state index contributed by atoms with van der Waals surface area (Å²) in [6.45, 7) is 4.69. The van der Waals surface area contributed by atoms with Crippen molar-refractivity contribution < 1.29 is 31.8 Å². The Hall–Kier alpha value is -3.01. The Morgan fingerprint density at radius 3 is 2.65 bits per heavy atom. The number of amides is 1. The molecule has 0 fully saturated rings. The smallest absolute Gasteiger partial charge is 0.422 e. The van der Waals surface area contributed by atoms with Crippen LogP contribution in [0.5, 0.6) is 11.5 Å². The summed E-state index contributed by atoms with van der Waals surface area (Å²) in [5.41, 5.74) is 9.20. The van der Waals surface area contributed by atoms with E-state index in [4.69, 9.17) is 10.5 Å². The van der Waals surface area contributed by atoms with E-state index in [9.17, 15) is 22.4 Å². The minimum Gasteiger partial charge on any atom is -0.488 e. The fourth-order valence-corrected chi connectivity index (χ4v) is 4.08. The van der Waals surface area contributed by atoms with Crippen molar-refractivity contribution >= 4 is 11.6 Å². The number of rotatable bonds is 11. The molecule has 1 aliphatic rings. The van der Waals surface area contributed by atoms with Crippen LogP contribution in [0.3, 0.4) is 0 Å². The van der Waals surface area contributed by atoms with Crippen molar-refractivity contribution in [2.24, 2.45) is 5.73 Å². The minimum absolute atomic E-state index is 0.0280. The monoisotopic (exact) mass is 483 g/mol. The predicted molar refractivity (Wildman–Crippen MR) is 121 cm³/mol. The number of carbonyl (C=O) groups is 1. The van der Waals surface area contributed by atoms with Crippen LogP contribution in [0, 0.1) is 5.82 Å². The molecule has 0 saturated heterocycles. The zero-order valence-corrected chi connectivity index (χ0v) is 19.2. The van der Waals surface area contributed by atoms with E-state index in [1.54, 1.807) is 0 Å². The maximum atomic E-state index is 13.4. The number of fused-ring (bicyclic) bond motifs is 1. The number of ether oxygens (including phenoxy) is 2. The number of nitrogens with zero attached hydrogens (tertiary/aromatic N) is 1. The van der Waals surface area contributed by atoms with Gasteiger partial charge >= 0.3 is 6.18 Å². The molecular weight excluding hydrogens is 454 g/mol. The third-order valence-corrected chi connectivity index (χ3v) is 5.55. The van der Waals surface area contributed by atoms with E-state index < -0.39 is 24.5 Å². The van der Waals surface area contributed by atoms with Crippen molar-refractivity contribution in [3.8, 4) is 11.5 Å². The van der Waals surface area contributed by atoms with Crippen LogP contribution in [-0.4, -0.2) is 51.0 Å². The van der Waals surface area contributed by atoms with Crippen LogP contribution in [0.15, 0.2) is 30.3 Å². The van der Waals surface area contributed by atoms with Crippen LogP contribution in [0.2, 0.25) is 0 Å².